The summed E-state index contributed by atoms with van der Waals surface area (Å²) in [6.07, 6.45) is 18.5. The second-order valence-corrected chi connectivity index (χ2v) is 17.5. The molecule has 4 bridgehead atoms. The summed E-state index contributed by atoms with van der Waals surface area (Å²) in [5.74, 6) is 1.01. The number of aliphatic hydroxyl groups is 2. The highest BCUT2D eigenvalue weighted by molar-refractivity contribution is 5.68. The van der Waals surface area contributed by atoms with Crippen molar-refractivity contribution in [2.24, 2.45) is 23.5 Å². The Balaban J connectivity index is 1.31. The van der Waals surface area contributed by atoms with Crippen LogP contribution in [0.2, 0.25) is 0 Å². The Kier molecular flexibility index (Phi) is 11.6. The molecular formula is C40H66N4O4. The minimum absolute atomic E-state index is 0.00443. The number of hydrogen-bond acceptors (Lipinski definition) is 7. The summed E-state index contributed by atoms with van der Waals surface area (Å²) in [5, 5.41) is 43.2. The molecule has 5 aliphatic rings. The fraction of sp³-hybridized carbons (Fsp3) is 0.825. The molecule has 1 aromatic rings. The van der Waals surface area contributed by atoms with Crippen LogP contribution in [0.3, 0.4) is 0 Å². The number of nitrogens with two attached hydrogens (primary N) is 1. The zero-order valence-corrected chi connectivity index (χ0v) is 29.9. The lowest BCUT2D eigenvalue weighted by Gasteiger charge is -2.53. The smallest absolute Gasteiger partial charge is 0.306 e. The van der Waals surface area contributed by atoms with Gasteiger partial charge in [0.15, 0.2) is 0 Å². The van der Waals surface area contributed by atoms with Gasteiger partial charge in [0.2, 0.25) is 0 Å². The number of benzene rings is 1. The van der Waals surface area contributed by atoms with Crippen molar-refractivity contribution < 1.29 is 20.1 Å². The van der Waals surface area contributed by atoms with Crippen molar-refractivity contribution in [3.63, 3.8) is 0 Å². The van der Waals surface area contributed by atoms with Gasteiger partial charge in [-0.2, -0.15) is 0 Å². The van der Waals surface area contributed by atoms with Crippen molar-refractivity contribution in [3.8, 4) is 0 Å². The maximum absolute atomic E-state index is 11.9. The van der Waals surface area contributed by atoms with Crippen LogP contribution in [0, 0.1) is 17.8 Å². The lowest BCUT2D eigenvalue weighted by molar-refractivity contribution is -0.143. The third kappa shape index (κ3) is 8.48. The van der Waals surface area contributed by atoms with Crippen molar-refractivity contribution in [2.45, 2.75) is 183 Å². The molecule has 2 saturated heterocycles. The van der Waals surface area contributed by atoms with Gasteiger partial charge in [0.1, 0.15) is 0 Å². The van der Waals surface area contributed by atoms with Gasteiger partial charge in [0, 0.05) is 35.6 Å². The van der Waals surface area contributed by atoms with E-state index in [4.69, 9.17) is 5.73 Å². The summed E-state index contributed by atoms with van der Waals surface area (Å²) in [4.78, 5) is 11.9. The van der Waals surface area contributed by atoms with Crippen molar-refractivity contribution in [3.05, 3.63) is 35.4 Å². The van der Waals surface area contributed by atoms with Crippen LogP contribution in [-0.4, -0.2) is 69.4 Å². The largest absolute Gasteiger partial charge is 0.481 e. The van der Waals surface area contributed by atoms with Gasteiger partial charge in [-0.25, -0.2) is 0 Å². The Hall–Kier alpha value is -1.55. The van der Waals surface area contributed by atoms with Crippen molar-refractivity contribution >= 4 is 5.97 Å². The van der Waals surface area contributed by atoms with E-state index in [2.05, 4.69) is 54.1 Å². The SMILES string of the molecule is C[C@@H]1N[C@H]([C@H]2CC[C@@H]3CCCCC[C@@](O)(CC(=O)O)CN[C@@]4(C)C[C@H](N)N[C@H](C4)C4(CCCCC4)c4cccc(c4)C[C@H]3C2)CC[C@H]1O. The second kappa shape index (κ2) is 15.4. The van der Waals surface area contributed by atoms with Gasteiger partial charge in [-0.05, 0) is 113 Å². The number of hydrogen-bond donors (Lipinski definition) is 7. The summed E-state index contributed by atoms with van der Waals surface area (Å²) in [7, 11) is 0. The molecule has 0 radical (unpaired) electrons. The third-order valence-electron chi connectivity index (χ3n) is 13.8. The lowest BCUT2D eigenvalue weighted by atomic mass is 9.61. The fourth-order valence-corrected chi connectivity index (χ4v) is 11.0. The predicted octanol–water partition coefficient (Wildman–Crippen LogP) is 5.52. The number of carbonyl (C=O) groups is 1. The van der Waals surface area contributed by atoms with Crippen molar-refractivity contribution in [1.82, 2.24) is 16.0 Å². The van der Waals surface area contributed by atoms with Gasteiger partial charge < -0.3 is 31.7 Å². The molecule has 8 N–H and O–H groups in total. The second-order valence-electron chi connectivity index (χ2n) is 17.5. The van der Waals surface area contributed by atoms with Gasteiger partial charge in [-0.15, -0.1) is 0 Å². The van der Waals surface area contributed by atoms with E-state index in [1.807, 2.05) is 0 Å². The molecule has 270 valence electrons. The van der Waals surface area contributed by atoms with Crippen LogP contribution in [0.4, 0.5) is 0 Å². The zero-order valence-electron chi connectivity index (χ0n) is 29.9. The van der Waals surface area contributed by atoms with Crippen LogP contribution in [0.5, 0.6) is 0 Å². The van der Waals surface area contributed by atoms with Gasteiger partial charge in [-0.3, -0.25) is 10.1 Å². The number of aliphatic carboxylic acids is 1. The molecule has 10 atom stereocenters. The van der Waals surface area contributed by atoms with E-state index in [-0.39, 0.29) is 48.3 Å². The lowest BCUT2D eigenvalue weighted by Crippen LogP contribution is -2.67. The Morgan fingerprint density at radius 1 is 0.917 bits per heavy atom. The number of aliphatic hydroxyl groups excluding tert-OH is 1. The van der Waals surface area contributed by atoms with Crippen LogP contribution in [-0.2, 0) is 16.6 Å². The van der Waals surface area contributed by atoms with Gasteiger partial charge >= 0.3 is 5.97 Å². The first-order valence-corrected chi connectivity index (χ1v) is 19.7. The molecule has 2 aliphatic carbocycles. The molecule has 4 fully saturated rings. The minimum atomic E-state index is -1.28. The number of β-amino-alcohol motifs (C(OH)–C–C–N with tert-alkyl or cyclic N) is 1. The van der Waals surface area contributed by atoms with Crippen LogP contribution < -0.4 is 21.7 Å². The van der Waals surface area contributed by atoms with E-state index in [0.29, 0.717) is 30.2 Å². The molecular weight excluding hydrogens is 600 g/mol. The quantitative estimate of drug-likeness (QED) is 0.224. The van der Waals surface area contributed by atoms with E-state index in [9.17, 15) is 20.1 Å². The van der Waals surface area contributed by atoms with Crippen LogP contribution >= 0.6 is 0 Å². The summed E-state index contributed by atoms with van der Waals surface area (Å²) in [6.45, 7) is 4.64. The minimum Gasteiger partial charge on any atom is -0.481 e. The van der Waals surface area contributed by atoms with E-state index < -0.39 is 11.6 Å². The summed E-state index contributed by atoms with van der Waals surface area (Å²) in [5.41, 5.74) is 8.13. The fourth-order valence-electron chi connectivity index (χ4n) is 11.0. The molecule has 0 aromatic heterocycles. The molecule has 0 amide bonds. The monoisotopic (exact) mass is 667 g/mol. The van der Waals surface area contributed by atoms with E-state index in [0.717, 1.165) is 64.2 Å². The molecule has 0 unspecified atom stereocenters. The molecule has 8 heteroatoms. The average Bonchev–Trinajstić information content (AvgIpc) is 3.05. The molecule has 3 heterocycles. The summed E-state index contributed by atoms with van der Waals surface area (Å²) < 4.78 is 0. The number of carboxylic acid groups (broad SMARTS) is 1. The molecule has 2 saturated carbocycles. The highest BCUT2D eigenvalue weighted by Crippen LogP contribution is 2.47. The standard InChI is InChI=1S/C40H66N4O4/c1-27-34(45)16-15-33(43-27)30-14-13-29-11-5-3-6-17-39(48,25-37(46)47)26-42-38(2)23-35(44-36(41)24-38)40(18-7-4-8-19-40)32-12-9-10-28(21-32)20-31(29)22-30/h9-10,12,21,27,29-31,33-36,42-45,48H,3-8,11,13-20,22-26,41H2,1-2H3,(H,46,47)/t27-,29-,30-,31-,33-,34+,35+,36+,38+,39+/m0/s1. The zero-order chi connectivity index (χ0) is 33.9. The Morgan fingerprint density at radius 2 is 1.67 bits per heavy atom. The highest BCUT2D eigenvalue weighted by atomic mass is 16.4. The maximum atomic E-state index is 11.9. The predicted molar refractivity (Wildman–Crippen MR) is 192 cm³/mol. The molecule has 1 aromatic carbocycles. The number of piperidine rings is 2. The Bertz CT molecular complexity index is 1220. The number of carboxylic acids is 1. The Labute approximate surface area is 289 Å². The topological polar surface area (TPSA) is 140 Å². The maximum Gasteiger partial charge on any atom is 0.306 e. The first kappa shape index (κ1) is 36.2. The number of rotatable bonds is 3. The van der Waals surface area contributed by atoms with E-state index >= 15 is 0 Å². The Morgan fingerprint density at radius 3 is 2.44 bits per heavy atom. The van der Waals surface area contributed by atoms with Crippen LogP contribution in [0.25, 0.3) is 0 Å². The van der Waals surface area contributed by atoms with E-state index in [1.54, 1.807) is 0 Å². The third-order valence-corrected chi connectivity index (χ3v) is 13.8. The summed E-state index contributed by atoms with van der Waals surface area (Å²) >= 11 is 0. The van der Waals surface area contributed by atoms with Crippen molar-refractivity contribution in [2.75, 3.05) is 6.54 Å². The van der Waals surface area contributed by atoms with Crippen molar-refractivity contribution in [1.29, 1.82) is 0 Å². The average molecular weight is 667 g/mol. The van der Waals surface area contributed by atoms with Crippen LogP contribution in [0.1, 0.15) is 141 Å². The van der Waals surface area contributed by atoms with Gasteiger partial charge in [0.25, 0.3) is 0 Å². The molecule has 1 spiro atoms. The van der Waals surface area contributed by atoms with Gasteiger partial charge in [-0.1, -0.05) is 69.2 Å². The number of fused-ring (bicyclic) bond motifs is 7. The van der Waals surface area contributed by atoms with Gasteiger partial charge in [0.05, 0.1) is 24.3 Å². The number of nitrogens with one attached hydrogen (secondary N) is 3. The molecule has 3 aliphatic heterocycles. The summed E-state index contributed by atoms with van der Waals surface area (Å²) in [6, 6.07) is 10.5. The van der Waals surface area contributed by atoms with E-state index in [1.165, 1.54) is 56.1 Å². The highest BCUT2D eigenvalue weighted by Gasteiger charge is 2.48. The normalized spacial score (nSPS) is 41.4. The first-order chi connectivity index (χ1) is 23.0. The molecule has 6 rings (SSSR count). The molecule has 48 heavy (non-hydrogen) atoms. The molecule has 8 nitrogen and oxygen atoms in total. The van der Waals surface area contributed by atoms with Crippen LogP contribution in [0.15, 0.2) is 24.3 Å². The first-order valence-electron chi connectivity index (χ1n) is 19.7.